The van der Waals surface area contributed by atoms with Gasteiger partial charge in [0, 0.05) is 0 Å². The van der Waals surface area contributed by atoms with Gasteiger partial charge in [0.1, 0.15) is 0 Å². The predicted octanol–water partition coefficient (Wildman–Crippen LogP) is 5.55. The molecule has 2 aromatic rings. The summed E-state index contributed by atoms with van der Waals surface area (Å²) in [6.45, 7) is 6.57. The van der Waals surface area contributed by atoms with E-state index in [0.29, 0.717) is 5.66 Å². The minimum atomic E-state index is -1.67. The van der Waals surface area contributed by atoms with Crippen molar-refractivity contribution in [3.8, 4) is 0 Å². The third-order valence-corrected chi connectivity index (χ3v) is 10.8. The molecule has 3 heteroatoms. The van der Waals surface area contributed by atoms with E-state index in [0.717, 1.165) is 23.0 Å². The van der Waals surface area contributed by atoms with Crippen LogP contribution in [-0.2, 0) is 4.79 Å². The summed E-state index contributed by atoms with van der Waals surface area (Å²) in [7, 11) is -1.67. The molecule has 1 heterocycles. The van der Waals surface area contributed by atoms with Crippen LogP contribution in [0.4, 0.5) is 5.69 Å². The van der Waals surface area contributed by atoms with Crippen LogP contribution < -0.4 is 5.32 Å². The summed E-state index contributed by atoms with van der Waals surface area (Å²) < 4.78 is 0. The van der Waals surface area contributed by atoms with Gasteiger partial charge in [-0.2, -0.15) is 0 Å². The monoisotopic (exact) mass is 355 g/mol. The Morgan fingerprint density at radius 2 is 1.72 bits per heavy atom. The average molecular weight is 355 g/mol. The molecule has 0 radical (unpaired) electrons. The fraction of sp³-hybridized carbons (Fsp3) is 0.409. The van der Waals surface area contributed by atoms with E-state index in [1.54, 1.807) is 0 Å². The van der Waals surface area contributed by atoms with Crippen LogP contribution in [0.15, 0.2) is 48.5 Å². The molecule has 1 unspecified atom stereocenters. The number of benzene rings is 2. The summed E-state index contributed by atoms with van der Waals surface area (Å²) in [4.78, 5) is 12.9. The van der Waals surface area contributed by atoms with E-state index >= 15 is 0 Å². The third-order valence-electron chi connectivity index (χ3n) is 5.84. The van der Waals surface area contributed by atoms with Gasteiger partial charge in [0.2, 0.25) is 0 Å². The zero-order valence-electron chi connectivity index (χ0n) is 15.6. The summed E-state index contributed by atoms with van der Waals surface area (Å²) in [5, 5.41) is 3.22. The molecule has 1 atom stereocenters. The minimum absolute atomic E-state index is 0.203. The summed E-state index contributed by atoms with van der Waals surface area (Å²) in [6, 6.07) is 17.0. The van der Waals surface area contributed by atoms with Crippen molar-refractivity contribution in [1.29, 1.82) is 0 Å². The number of hydrogen-bond donors (Lipinski definition) is 1. The Morgan fingerprint density at radius 3 is 2.40 bits per heavy atom. The molecule has 1 fully saturated rings. The Morgan fingerprint density at radius 1 is 1.04 bits per heavy atom. The molecule has 0 aliphatic carbocycles. The van der Waals surface area contributed by atoms with E-state index in [1.807, 2.05) is 6.07 Å². The first kappa shape index (κ1) is 18.1. The van der Waals surface area contributed by atoms with Crippen molar-refractivity contribution in [3.05, 3.63) is 65.2 Å². The first-order chi connectivity index (χ1) is 12.0. The molecule has 0 aromatic heterocycles. The first-order valence-electron chi connectivity index (χ1n) is 9.41. The van der Waals surface area contributed by atoms with Crippen molar-refractivity contribution in [1.82, 2.24) is 0 Å². The summed E-state index contributed by atoms with van der Waals surface area (Å²) in [5.41, 5.74) is 5.33. The van der Waals surface area contributed by atoms with E-state index in [9.17, 15) is 4.79 Å². The number of nitrogens with one attached hydrogen (secondary N) is 1. The van der Waals surface area contributed by atoms with E-state index in [-0.39, 0.29) is 5.91 Å². The summed E-state index contributed by atoms with van der Waals surface area (Å²) in [5.74, 6) is 0.203. The Kier molecular flexibility index (Phi) is 5.59. The number of rotatable bonds is 4. The topological polar surface area (TPSA) is 29.1 Å². The molecular formula is C22H30NOP. The molecular weight excluding hydrogens is 325 g/mol. The second kappa shape index (κ2) is 7.70. The van der Waals surface area contributed by atoms with Crippen molar-refractivity contribution < 1.29 is 4.79 Å². The van der Waals surface area contributed by atoms with Crippen LogP contribution in [0.5, 0.6) is 0 Å². The standard InChI is InChI=1S/C22H30NOP/c1-17-10-9-11-18(2)22(17)23-21(24)16-25(3)15-8-7-14-20(25)19-12-5-4-6-13-19/h4-6,9-13,20,25H,7-8,14-16H2,1-3H3,(H,23,24). The van der Waals surface area contributed by atoms with Crippen molar-refractivity contribution >= 4 is 18.9 Å². The third kappa shape index (κ3) is 4.12. The number of anilines is 1. The molecule has 1 saturated heterocycles. The molecule has 134 valence electrons. The molecule has 3 rings (SSSR count). The van der Waals surface area contributed by atoms with Crippen LogP contribution in [0.1, 0.15) is 41.6 Å². The van der Waals surface area contributed by atoms with Gasteiger partial charge in [-0.3, -0.25) is 0 Å². The van der Waals surface area contributed by atoms with E-state index < -0.39 is 7.26 Å². The normalized spacial score (nSPS) is 20.7. The molecule has 25 heavy (non-hydrogen) atoms. The van der Waals surface area contributed by atoms with Crippen molar-refractivity contribution in [2.45, 2.75) is 38.8 Å². The molecule has 1 N–H and O–H groups in total. The van der Waals surface area contributed by atoms with Gasteiger partial charge in [0.25, 0.3) is 0 Å². The fourth-order valence-electron chi connectivity index (χ4n) is 4.43. The quantitative estimate of drug-likeness (QED) is 0.716. The van der Waals surface area contributed by atoms with Crippen molar-refractivity contribution in [2.75, 3.05) is 24.3 Å². The number of amides is 1. The van der Waals surface area contributed by atoms with Crippen LogP contribution >= 0.6 is 7.26 Å². The van der Waals surface area contributed by atoms with Crippen LogP contribution in [0, 0.1) is 13.8 Å². The number of carbonyl (C=O) groups is 1. The summed E-state index contributed by atoms with van der Waals surface area (Å²) >= 11 is 0. The number of para-hydroxylation sites is 1. The van der Waals surface area contributed by atoms with Gasteiger partial charge in [-0.15, -0.1) is 0 Å². The van der Waals surface area contributed by atoms with Crippen LogP contribution in [-0.4, -0.2) is 24.9 Å². The van der Waals surface area contributed by atoms with Gasteiger partial charge in [-0.25, -0.2) is 0 Å². The molecule has 0 bridgehead atoms. The number of carbonyl (C=O) groups excluding carboxylic acids is 1. The van der Waals surface area contributed by atoms with Crippen LogP contribution in [0.3, 0.4) is 0 Å². The Bertz CT molecular complexity index is 723. The molecule has 1 aliphatic rings. The van der Waals surface area contributed by atoms with Crippen LogP contribution in [0.2, 0.25) is 0 Å². The fourth-order valence-corrected chi connectivity index (χ4v) is 8.98. The zero-order valence-corrected chi connectivity index (χ0v) is 16.6. The van der Waals surface area contributed by atoms with E-state index in [2.05, 4.69) is 68.3 Å². The van der Waals surface area contributed by atoms with Crippen molar-refractivity contribution in [2.24, 2.45) is 0 Å². The Balaban J connectivity index is 1.78. The maximum absolute atomic E-state index is 12.9. The van der Waals surface area contributed by atoms with E-state index in [4.69, 9.17) is 0 Å². The zero-order chi connectivity index (χ0) is 17.9. The molecule has 1 amide bonds. The molecule has 2 nitrogen and oxygen atoms in total. The van der Waals surface area contributed by atoms with Gasteiger partial charge in [-0.05, 0) is 0 Å². The molecule has 0 saturated carbocycles. The second-order valence-corrected chi connectivity index (χ2v) is 12.7. The first-order valence-corrected chi connectivity index (χ1v) is 12.4. The Labute approximate surface area is 152 Å². The SMILES string of the molecule is Cc1cccc(C)c1NC(=O)C[PH]1(C)CCCCC1c1ccccc1. The number of hydrogen-bond acceptors (Lipinski definition) is 1. The van der Waals surface area contributed by atoms with Gasteiger partial charge in [-0.1, -0.05) is 0 Å². The van der Waals surface area contributed by atoms with E-state index in [1.165, 1.54) is 31.0 Å². The predicted molar refractivity (Wildman–Crippen MR) is 112 cm³/mol. The summed E-state index contributed by atoms with van der Waals surface area (Å²) in [6.07, 6.45) is 5.79. The van der Waals surface area contributed by atoms with Gasteiger partial charge < -0.3 is 0 Å². The van der Waals surface area contributed by atoms with Gasteiger partial charge in [0.15, 0.2) is 0 Å². The molecule has 2 aromatic carbocycles. The van der Waals surface area contributed by atoms with Crippen LogP contribution in [0.25, 0.3) is 0 Å². The van der Waals surface area contributed by atoms with Gasteiger partial charge >= 0.3 is 152 Å². The van der Waals surface area contributed by atoms with Gasteiger partial charge in [0.05, 0.1) is 0 Å². The molecule has 0 spiro atoms. The number of aryl methyl sites for hydroxylation is 2. The Hall–Kier alpha value is -1.66. The molecule has 1 aliphatic heterocycles. The second-order valence-electron chi connectivity index (χ2n) is 7.85. The van der Waals surface area contributed by atoms with Crippen molar-refractivity contribution in [3.63, 3.8) is 0 Å². The average Bonchev–Trinajstić information content (AvgIpc) is 2.59. The maximum atomic E-state index is 12.9.